The van der Waals surface area contributed by atoms with Crippen molar-refractivity contribution >= 4 is 20.5 Å². The molecule has 0 N–H and O–H groups in total. The Morgan fingerprint density at radius 3 is 1.63 bits per heavy atom. The molecule has 30 heavy (non-hydrogen) atoms. The van der Waals surface area contributed by atoms with E-state index in [1.807, 2.05) is 42.5 Å². The highest BCUT2D eigenvalue weighted by molar-refractivity contribution is 6.74. The van der Waals surface area contributed by atoms with E-state index in [0.717, 1.165) is 22.6 Å². The number of hydrogen-bond acceptors (Lipinski definition) is 5. The standard InChI is InChI=1S/C24H34O5Si/c1-24(2,3)30(8,9)29-19-13-12-17(14-20(19)25-4)10-11-18-15-21(26-5)23(28-7)22(16-18)27-6/h10-16H,1-9H3. The molecule has 0 spiro atoms. The fraction of sp³-hybridized carbons (Fsp3) is 0.417. The fourth-order valence-corrected chi connectivity index (χ4v) is 3.71. The summed E-state index contributed by atoms with van der Waals surface area (Å²) in [5, 5.41) is 0.114. The molecule has 6 heteroatoms. The van der Waals surface area contributed by atoms with Crippen LogP contribution in [0.4, 0.5) is 0 Å². The van der Waals surface area contributed by atoms with Crippen LogP contribution >= 0.6 is 0 Å². The minimum absolute atomic E-state index is 0.114. The quantitative estimate of drug-likeness (QED) is 0.364. The van der Waals surface area contributed by atoms with Crippen LogP contribution in [-0.4, -0.2) is 36.8 Å². The van der Waals surface area contributed by atoms with Crippen molar-refractivity contribution in [2.24, 2.45) is 0 Å². The van der Waals surface area contributed by atoms with Gasteiger partial charge in [0, 0.05) is 0 Å². The van der Waals surface area contributed by atoms with E-state index in [2.05, 4.69) is 33.9 Å². The molecule has 0 fully saturated rings. The van der Waals surface area contributed by atoms with Gasteiger partial charge in [-0.3, -0.25) is 0 Å². The predicted molar refractivity (Wildman–Crippen MR) is 126 cm³/mol. The van der Waals surface area contributed by atoms with E-state index < -0.39 is 8.32 Å². The third kappa shape index (κ3) is 5.30. The van der Waals surface area contributed by atoms with E-state index in [-0.39, 0.29) is 5.04 Å². The molecule has 2 aromatic carbocycles. The molecule has 0 heterocycles. The first-order valence-corrected chi connectivity index (χ1v) is 12.8. The van der Waals surface area contributed by atoms with Crippen LogP contribution in [0.25, 0.3) is 12.2 Å². The van der Waals surface area contributed by atoms with Gasteiger partial charge in [0.05, 0.1) is 28.4 Å². The normalized spacial score (nSPS) is 12.0. The molecule has 0 unspecified atom stereocenters. The zero-order valence-electron chi connectivity index (χ0n) is 19.6. The lowest BCUT2D eigenvalue weighted by atomic mass is 10.1. The summed E-state index contributed by atoms with van der Waals surface area (Å²) in [4.78, 5) is 0. The van der Waals surface area contributed by atoms with Crippen LogP contribution in [0.5, 0.6) is 28.7 Å². The number of hydrogen-bond donors (Lipinski definition) is 0. The van der Waals surface area contributed by atoms with Gasteiger partial charge in [0.1, 0.15) is 5.75 Å². The first-order valence-electron chi connectivity index (χ1n) is 9.91. The van der Waals surface area contributed by atoms with Gasteiger partial charge in [0.2, 0.25) is 5.75 Å². The maximum absolute atomic E-state index is 6.43. The summed E-state index contributed by atoms with van der Waals surface area (Å²) in [7, 11) is 4.53. The molecule has 164 valence electrons. The second-order valence-electron chi connectivity index (χ2n) is 8.56. The lowest BCUT2D eigenvalue weighted by Gasteiger charge is -2.36. The SMILES string of the molecule is COc1cc(C=Cc2cc(OC)c(OC)c(OC)c2)ccc1O[Si](C)(C)C(C)(C)C. The fourth-order valence-electron chi connectivity index (χ4n) is 2.69. The predicted octanol–water partition coefficient (Wildman–Crippen LogP) is 6.28. The molecule has 0 aliphatic heterocycles. The van der Waals surface area contributed by atoms with Gasteiger partial charge in [-0.2, -0.15) is 0 Å². The molecule has 0 bridgehead atoms. The van der Waals surface area contributed by atoms with Crippen LogP contribution in [0.15, 0.2) is 30.3 Å². The van der Waals surface area contributed by atoms with Crippen LogP contribution in [0.2, 0.25) is 18.1 Å². The molecule has 0 atom stereocenters. The van der Waals surface area contributed by atoms with Gasteiger partial charge >= 0.3 is 0 Å². The van der Waals surface area contributed by atoms with Crippen LogP contribution in [0, 0.1) is 0 Å². The summed E-state index contributed by atoms with van der Waals surface area (Å²) in [5.74, 6) is 3.33. The second kappa shape index (κ2) is 9.47. The summed E-state index contributed by atoms with van der Waals surface area (Å²) in [6, 6.07) is 9.80. The number of rotatable bonds is 8. The lowest BCUT2D eigenvalue weighted by Crippen LogP contribution is -2.43. The molecule has 0 radical (unpaired) electrons. The minimum atomic E-state index is -1.95. The summed E-state index contributed by atoms with van der Waals surface area (Å²) < 4.78 is 28.3. The van der Waals surface area contributed by atoms with Crippen molar-refractivity contribution in [2.75, 3.05) is 28.4 Å². The Labute approximate surface area is 181 Å². The average molecular weight is 431 g/mol. The molecule has 0 aromatic heterocycles. The van der Waals surface area contributed by atoms with Crippen LogP contribution < -0.4 is 23.4 Å². The molecular formula is C24H34O5Si. The Morgan fingerprint density at radius 1 is 0.667 bits per heavy atom. The Balaban J connectivity index is 2.33. The maximum atomic E-state index is 6.43. The van der Waals surface area contributed by atoms with Crippen molar-refractivity contribution in [1.82, 2.24) is 0 Å². The van der Waals surface area contributed by atoms with E-state index in [1.165, 1.54) is 0 Å². The molecule has 0 saturated carbocycles. The van der Waals surface area contributed by atoms with E-state index in [9.17, 15) is 0 Å². The Hall–Kier alpha value is -2.60. The second-order valence-corrected chi connectivity index (χ2v) is 13.3. The van der Waals surface area contributed by atoms with E-state index >= 15 is 0 Å². The number of methoxy groups -OCH3 is 4. The van der Waals surface area contributed by atoms with Crippen molar-refractivity contribution in [3.05, 3.63) is 41.5 Å². The lowest BCUT2D eigenvalue weighted by molar-refractivity contribution is 0.324. The highest BCUT2D eigenvalue weighted by Crippen LogP contribution is 2.41. The van der Waals surface area contributed by atoms with Crippen molar-refractivity contribution in [3.8, 4) is 28.7 Å². The Morgan fingerprint density at radius 2 is 1.17 bits per heavy atom. The van der Waals surface area contributed by atoms with E-state index in [4.69, 9.17) is 23.4 Å². The molecule has 0 aliphatic rings. The third-order valence-electron chi connectivity index (χ3n) is 5.51. The average Bonchev–Trinajstić information content (AvgIpc) is 2.70. The third-order valence-corrected chi connectivity index (χ3v) is 9.86. The van der Waals surface area contributed by atoms with Crippen molar-refractivity contribution < 1.29 is 23.4 Å². The van der Waals surface area contributed by atoms with Gasteiger partial charge < -0.3 is 23.4 Å². The minimum Gasteiger partial charge on any atom is -0.541 e. The summed E-state index contributed by atoms with van der Waals surface area (Å²) in [6.07, 6.45) is 4.01. The zero-order chi connectivity index (χ0) is 22.5. The van der Waals surface area contributed by atoms with Gasteiger partial charge in [-0.15, -0.1) is 0 Å². The van der Waals surface area contributed by atoms with E-state index in [1.54, 1.807) is 28.4 Å². The van der Waals surface area contributed by atoms with Gasteiger partial charge in [-0.25, -0.2) is 0 Å². The van der Waals surface area contributed by atoms with Crippen molar-refractivity contribution in [3.63, 3.8) is 0 Å². The van der Waals surface area contributed by atoms with Gasteiger partial charge in [0.25, 0.3) is 8.32 Å². The molecule has 2 rings (SSSR count). The summed E-state index contributed by atoms with van der Waals surface area (Å²) in [6.45, 7) is 11.1. The van der Waals surface area contributed by atoms with E-state index in [0.29, 0.717) is 17.2 Å². The Kier molecular flexibility index (Phi) is 7.47. The first-order chi connectivity index (χ1) is 14.1. The Bertz CT molecular complexity index is 872. The molecule has 2 aromatic rings. The monoisotopic (exact) mass is 430 g/mol. The maximum Gasteiger partial charge on any atom is 0.250 e. The van der Waals surface area contributed by atoms with Gasteiger partial charge in [-0.1, -0.05) is 39.0 Å². The van der Waals surface area contributed by atoms with Gasteiger partial charge in [-0.05, 0) is 53.5 Å². The largest absolute Gasteiger partial charge is 0.541 e. The topological polar surface area (TPSA) is 46.2 Å². The summed E-state index contributed by atoms with van der Waals surface area (Å²) >= 11 is 0. The number of benzene rings is 2. The highest BCUT2D eigenvalue weighted by Gasteiger charge is 2.39. The van der Waals surface area contributed by atoms with Crippen LogP contribution in [0.3, 0.4) is 0 Å². The van der Waals surface area contributed by atoms with Gasteiger partial charge in [0.15, 0.2) is 17.2 Å². The molecule has 0 amide bonds. The van der Waals surface area contributed by atoms with Crippen molar-refractivity contribution in [2.45, 2.75) is 38.9 Å². The smallest absolute Gasteiger partial charge is 0.250 e. The molecule has 5 nitrogen and oxygen atoms in total. The number of ether oxygens (including phenoxy) is 4. The zero-order valence-corrected chi connectivity index (χ0v) is 20.6. The van der Waals surface area contributed by atoms with Crippen LogP contribution in [-0.2, 0) is 0 Å². The highest BCUT2D eigenvalue weighted by atomic mass is 28.4. The molecular weight excluding hydrogens is 396 g/mol. The molecule has 0 aliphatic carbocycles. The molecule has 0 saturated heterocycles. The summed E-state index contributed by atoms with van der Waals surface area (Å²) in [5.41, 5.74) is 1.94. The van der Waals surface area contributed by atoms with Crippen molar-refractivity contribution in [1.29, 1.82) is 0 Å². The van der Waals surface area contributed by atoms with Crippen LogP contribution in [0.1, 0.15) is 31.9 Å². The first kappa shape index (κ1) is 23.7.